The fourth-order valence-electron chi connectivity index (χ4n) is 2.66. The second-order valence-corrected chi connectivity index (χ2v) is 7.82. The SMILES string of the molecule is O=C(NCc1ccco1)c1cccc(CSc2nnc(COc3ccc(Cl)cc3)o2)c1. The Bertz CT molecular complexity index is 1130. The zero-order chi connectivity index (χ0) is 21.5. The van der Waals surface area contributed by atoms with Crippen molar-refractivity contribution in [1.29, 1.82) is 0 Å². The predicted octanol–water partition coefficient (Wildman–Crippen LogP) is 5.12. The Morgan fingerprint density at radius 2 is 1.97 bits per heavy atom. The third kappa shape index (κ3) is 6.13. The molecular weight excluding hydrogens is 438 g/mol. The zero-order valence-electron chi connectivity index (χ0n) is 16.3. The quantitative estimate of drug-likeness (QED) is 0.350. The topological polar surface area (TPSA) is 90.4 Å². The van der Waals surface area contributed by atoms with Gasteiger partial charge < -0.3 is 18.9 Å². The molecular formula is C22H18ClN3O4S. The van der Waals surface area contributed by atoms with E-state index < -0.39 is 0 Å². The van der Waals surface area contributed by atoms with Crippen molar-refractivity contribution in [3.8, 4) is 5.75 Å². The van der Waals surface area contributed by atoms with Crippen molar-refractivity contribution in [2.75, 3.05) is 0 Å². The lowest BCUT2D eigenvalue weighted by Crippen LogP contribution is -2.22. The molecule has 0 bridgehead atoms. The number of thioether (sulfide) groups is 1. The first-order chi connectivity index (χ1) is 15.2. The van der Waals surface area contributed by atoms with Gasteiger partial charge in [-0.15, -0.1) is 10.2 Å². The fraction of sp³-hybridized carbons (Fsp3) is 0.136. The van der Waals surface area contributed by atoms with Crippen LogP contribution in [-0.2, 0) is 18.9 Å². The van der Waals surface area contributed by atoms with Crippen molar-refractivity contribution in [2.24, 2.45) is 0 Å². The molecule has 4 rings (SSSR count). The van der Waals surface area contributed by atoms with Crippen LogP contribution in [0, 0.1) is 0 Å². The number of halogens is 1. The van der Waals surface area contributed by atoms with E-state index in [1.165, 1.54) is 11.8 Å². The van der Waals surface area contributed by atoms with Crippen molar-refractivity contribution >= 4 is 29.3 Å². The lowest BCUT2D eigenvalue weighted by atomic mass is 10.1. The summed E-state index contributed by atoms with van der Waals surface area (Å²) in [6.45, 7) is 0.508. The lowest BCUT2D eigenvalue weighted by Gasteiger charge is -2.05. The summed E-state index contributed by atoms with van der Waals surface area (Å²) in [6, 6.07) is 18.0. The van der Waals surface area contributed by atoms with Crippen molar-refractivity contribution in [3.05, 3.63) is 94.7 Å². The number of carbonyl (C=O) groups is 1. The summed E-state index contributed by atoms with van der Waals surface area (Å²) in [6.07, 6.45) is 1.58. The van der Waals surface area contributed by atoms with Gasteiger partial charge in [-0.1, -0.05) is 35.5 Å². The van der Waals surface area contributed by atoms with Gasteiger partial charge in [0, 0.05) is 16.3 Å². The molecule has 0 atom stereocenters. The van der Waals surface area contributed by atoms with E-state index in [9.17, 15) is 4.79 Å². The molecule has 0 unspecified atom stereocenters. The molecule has 2 aromatic heterocycles. The monoisotopic (exact) mass is 455 g/mol. The minimum atomic E-state index is -0.164. The molecule has 0 fully saturated rings. The Morgan fingerprint density at radius 3 is 2.77 bits per heavy atom. The number of carbonyl (C=O) groups excluding carboxylic acids is 1. The highest BCUT2D eigenvalue weighted by molar-refractivity contribution is 7.98. The molecule has 0 saturated carbocycles. The van der Waals surface area contributed by atoms with Gasteiger partial charge in [0.1, 0.15) is 11.5 Å². The van der Waals surface area contributed by atoms with Gasteiger partial charge in [-0.3, -0.25) is 4.79 Å². The van der Waals surface area contributed by atoms with E-state index in [0.29, 0.717) is 45.5 Å². The summed E-state index contributed by atoms with van der Waals surface area (Å²) >= 11 is 7.25. The first-order valence-electron chi connectivity index (χ1n) is 9.39. The summed E-state index contributed by atoms with van der Waals surface area (Å²) < 4.78 is 16.4. The Hall–Kier alpha value is -3.23. The van der Waals surface area contributed by atoms with Crippen LogP contribution < -0.4 is 10.1 Å². The van der Waals surface area contributed by atoms with Gasteiger partial charge in [-0.05, 0) is 54.1 Å². The summed E-state index contributed by atoms with van der Waals surface area (Å²) in [5.74, 6) is 2.16. The third-order valence-electron chi connectivity index (χ3n) is 4.18. The van der Waals surface area contributed by atoms with Crippen molar-refractivity contribution in [3.63, 3.8) is 0 Å². The highest BCUT2D eigenvalue weighted by atomic mass is 35.5. The van der Waals surface area contributed by atoms with E-state index in [1.807, 2.05) is 24.3 Å². The standard InChI is InChI=1S/C22H18ClN3O4S/c23-17-6-8-18(9-7-17)29-13-20-25-26-22(30-20)31-14-15-3-1-4-16(11-15)21(27)24-12-19-5-2-10-28-19/h1-11H,12-14H2,(H,24,27). The summed E-state index contributed by atoms with van der Waals surface area (Å²) in [5.41, 5.74) is 1.54. The van der Waals surface area contributed by atoms with E-state index in [0.717, 1.165) is 5.56 Å². The van der Waals surface area contributed by atoms with Gasteiger partial charge in [0.15, 0.2) is 6.61 Å². The molecule has 158 valence electrons. The number of nitrogens with one attached hydrogen (secondary N) is 1. The highest BCUT2D eigenvalue weighted by Gasteiger charge is 2.10. The summed E-state index contributed by atoms with van der Waals surface area (Å²) in [7, 11) is 0. The number of furan rings is 1. The van der Waals surface area contributed by atoms with Gasteiger partial charge in [-0.2, -0.15) is 0 Å². The van der Waals surface area contributed by atoms with E-state index >= 15 is 0 Å². The molecule has 2 aromatic carbocycles. The minimum absolute atomic E-state index is 0.164. The molecule has 9 heteroatoms. The summed E-state index contributed by atoms with van der Waals surface area (Å²) in [4.78, 5) is 12.4. The largest absolute Gasteiger partial charge is 0.484 e. The normalized spacial score (nSPS) is 10.7. The molecule has 0 saturated heterocycles. The lowest BCUT2D eigenvalue weighted by molar-refractivity contribution is 0.0948. The van der Waals surface area contributed by atoms with E-state index in [1.54, 1.807) is 42.7 Å². The molecule has 0 aliphatic rings. The summed E-state index contributed by atoms with van der Waals surface area (Å²) in [5, 5.41) is 11.9. The van der Waals surface area contributed by atoms with Crippen molar-refractivity contribution in [2.45, 2.75) is 24.1 Å². The number of ether oxygens (including phenoxy) is 1. The average molecular weight is 456 g/mol. The Kier molecular flexibility index (Phi) is 6.91. The number of rotatable bonds is 9. The van der Waals surface area contributed by atoms with E-state index in [4.69, 9.17) is 25.2 Å². The number of hydrogen-bond acceptors (Lipinski definition) is 7. The third-order valence-corrected chi connectivity index (χ3v) is 5.32. The Labute approximate surface area is 187 Å². The van der Waals surface area contributed by atoms with Crippen molar-refractivity contribution < 1.29 is 18.4 Å². The van der Waals surface area contributed by atoms with Crippen molar-refractivity contribution in [1.82, 2.24) is 15.5 Å². The molecule has 0 aliphatic carbocycles. The van der Waals surface area contributed by atoms with Gasteiger partial charge in [0.05, 0.1) is 12.8 Å². The second-order valence-electron chi connectivity index (χ2n) is 6.46. The fourth-order valence-corrected chi connectivity index (χ4v) is 3.51. The highest BCUT2D eigenvalue weighted by Crippen LogP contribution is 2.23. The molecule has 0 radical (unpaired) electrons. The van der Waals surface area contributed by atoms with Crippen LogP contribution in [0.1, 0.15) is 27.6 Å². The molecule has 1 amide bonds. The molecule has 0 spiro atoms. The van der Waals surface area contributed by atoms with Crippen LogP contribution in [0.3, 0.4) is 0 Å². The maximum atomic E-state index is 12.4. The molecule has 1 N–H and O–H groups in total. The van der Waals surface area contributed by atoms with Gasteiger partial charge in [-0.25, -0.2) is 0 Å². The Morgan fingerprint density at radius 1 is 1.10 bits per heavy atom. The average Bonchev–Trinajstić information content (AvgIpc) is 3.48. The maximum Gasteiger partial charge on any atom is 0.277 e. The molecule has 31 heavy (non-hydrogen) atoms. The van der Waals surface area contributed by atoms with Crippen LogP contribution in [0.25, 0.3) is 0 Å². The van der Waals surface area contributed by atoms with Crippen LogP contribution in [0.2, 0.25) is 5.02 Å². The minimum Gasteiger partial charge on any atom is -0.484 e. The van der Waals surface area contributed by atoms with Crippen LogP contribution in [0.5, 0.6) is 5.75 Å². The first kappa shape index (κ1) is 21.0. The Balaban J connectivity index is 1.27. The number of aromatic nitrogens is 2. The molecule has 0 aliphatic heterocycles. The molecule has 2 heterocycles. The van der Waals surface area contributed by atoms with E-state index in [2.05, 4.69) is 15.5 Å². The molecule has 4 aromatic rings. The molecule has 7 nitrogen and oxygen atoms in total. The zero-order valence-corrected chi connectivity index (χ0v) is 17.9. The number of hydrogen-bond donors (Lipinski definition) is 1. The van der Waals surface area contributed by atoms with Gasteiger partial charge in [0.25, 0.3) is 17.0 Å². The van der Waals surface area contributed by atoms with Crippen LogP contribution >= 0.6 is 23.4 Å². The number of nitrogens with zero attached hydrogens (tertiary/aromatic N) is 2. The van der Waals surface area contributed by atoms with Gasteiger partial charge in [0.2, 0.25) is 0 Å². The maximum absolute atomic E-state index is 12.4. The van der Waals surface area contributed by atoms with E-state index in [-0.39, 0.29) is 12.5 Å². The van der Waals surface area contributed by atoms with Crippen LogP contribution in [0.15, 0.2) is 81.0 Å². The van der Waals surface area contributed by atoms with Crippen LogP contribution in [-0.4, -0.2) is 16.1 Å². The van der Waals surface area contributed by atoms with Crippen LogP contribution in [0.4, 0.5) is 0 Å². The first-order valence-corrected chi connectivity index (χ1v) is 10.7. The number of amides is 1. The number of benzene rings is 2. The second kappa shape index (κ2) is 10.2. The van der Waals surface area contributed by atoms with Gasteiger partial charge >= 0.3 is 0 Å². The predicted molar refractivity (Wildman–Crippen MR) is 116 cm³/mol. The smallest absolute Gasteiger partial charge is 0.277 e.